The largest absolute Gasteiger partial charge is 0.512 e. The first-order valence-corrected chi connectivity index (χ1v) is 6.23. The number of rotatable bonds is 0. The van der Waals surface area contributed by atoms with Gasteiger partial charge in [0.2, 0.25) is 0 Å². The minimum atomic E-state index is -0.146. The first-order chi connectivity index (χ1) is 9.22. The zero-order valence-corrected chi connectivity index (χ0v) is 10.2. The SMILES string of the molecule is O=C1C=C(O)CC2=C3Nc4ccccc4C=C3CN12. The average molecular weight is 252 g/mol. The fraction of sp³-hybridized carbons (Fsp3) is 0.133. The number of aliphatic hydroxyl groups excluding tert-OH is 1. The maximum atomic E-state index is 11.9. The molecule has 3 heterocycles. The number of hydrogen-bond donors (Lipinski definition) is 2. The average Bonchev–Trinajstić information content (AvgIpc) is 2.74. The van der Waals surface area contributed by atoms with Crippen LogP contribution in [0, 0.1) is 0 Å². The van der Waals surface area contributed by atoms with Gasteiger partial charge in [-0.15, -0.1) is 0 Å². The molecule has 4 rings (SSSR count). The number of carbonyl (C=O) groups is 1. The van der Waals surface area contributed by atoms with Crippen molar-refractivity contribution in [3.8, 4) is 0 Å². The van der Waals surface area contributed by atoms with Crippen LogP contribution in [0.5, 0.6) is 0 Å². The van der Waals surface area contributed by atoms with Crippen LogP contribution in [0.3, 0.4) is 0 Å². The van der Waals surface area contributed by atoms with Crippen LogP contribution in [-0.4, -0.2) is 22.5 Å². The van der Waals surface area contributed by atoms with Gasteiger partial charge in [0.15, 0.2) is 0 Å². The molecule has 0 atom stereocenters. The van der Waals surface area contributed by atoms with Crippen molar-refractivity contribution in [1.29, 1.82) is 0 Å². The molecule has 1 aromatic carbocycles. The minimum absolute atomic E-state index is 0.130. The lowest BCUT2D eigenvalue weighted by Crippen LogP contribution is -2.30. The van der Waals surface area contributed by atoms with E-state index in [0.717, 1.165) is 28.2 Å². The van der Waals surface area contributed by atoms with Crippen LogP contribution in [0.1, 0.15) is 12.0 Å². The molecule has 1 aromatic rings. The van der Waals surface area contributed by atoms with E-state index in [1.165, 1.54) is 6.08 Å². The van der Waals surface area contributed by atoms with Gasteiger partial charge < -0.3 is 15.3 Å². The second-order valence-corrected chi connectivity index (χ2v) is 4.94. The quantitative estimate of drug-likeness (QED) is 0.745. The molecule has 94 valence electrons. The van der Waals surface area contributed by atoms with Crippen molar-refractivity contribution in [2.45, 2.75) is 6.42 Å². The predicted molar refractivity (Wildman–Crippen MR) is 72.1 cm³/mol. The highest BCUT2D eigenvalue weighted by Gasteiger charge is 2.35. The van der Waals surface area contributed by atoms with Gasteiger partial charge in [0.1, 0.15) is 5.76 Å². The van der Waals surface area contributed by atoms with E-state index >= 15 is 0 Å². The standard InChI is InChI=1S/C15H12N2O2/c18-11-6-13-15-10(8-17(13)14(19)7-11)5-9-3-1-2-4-12(9)16-15/h1-5,7,16,18H,6,8H2. The first-order valence-electron chi connectivity index (χ1n) is 6.23. The Bertz CT molecular complexity index is 698. The second-order valence-electron chi connectivity index (χ2n) is 4.94. The zero-order valence-electron chi connectivity index (χ0n) is 10.2. The number of amides is 1. The molecule has 0 fully saturated rings. The molecule has 0 radical (unpaired) electrons. The van der Waals surface area contributed by atoms with Crippen LogP contribution >= 0.6 is 0 Å². The third-order valence-corrected chi connectivity index (χ3v) is 3.72. The molecule has 4 nitrogen and oxygen atoms in total. The molecule has 2 N–H and O–H groups in total. The Morgan fingerprint density at radius 1 is 1.21 bits per heavy atom. The summed E-state index contributed by atoms with van der Waals surface area (Å²) >= 11 is 0. The topological polar surface area (TPSA) is 52.6 Å². The molecule has 0 aromatic heterocycles. The van der Waals surface area contributed by atoms with Crippen LogP contribution < -0.4 is 5.32 Å². The number of para-hydroxylation sites is 1. The monoisotopic (exact) mass is 252 g/mol. The van der Waals surface area contributed by atoms with Crippen molar-refractivity contribution in [2.24, 2.45) is 0 Å². The van der Waals surface area contributed by atoms with E-state index in [-0.39, 0.29) is 11.7 Å². The highest BCUT2D eigenvalue weighted by atomic mass is 16.3. The normalized spacial score (nSPS) is 20.2. The van der Waals surface area contributed by atoms with E-state index in [9.17, 15) is 9.90 Å². The van der Waals surface area contributed by atoms with Gasteiger partial charge in [-0.1, -0.05) is 18.2 Å². The Balaban J connectivity index is 1.86. The highest BCUT2D eigenvalue weighted by molar-refractivity contribution is 5.93. The summed E-state index contributed by atoms with van der Waals surface area (Å²) in [5.41, 5.74) is 5.10. The summed E-state index contributed by atoms with van der Waals surface area (Å²) < 4.78 is 0. The fourth-order valence-electron chi connectivity index (χ4n) is 2.83. The molecule has 0 saturated heterocycles. The van der Waals surface area contributed by atoms with E-state index in [1.54, 1.807) is 4.90 Å². The van der Waals surface area contributed by atoms with Crippen molar-refractivity contribution in [3.63, 3.8) is 0 Å². The molecular weight excluding hydrogens is 240 g/mol. The fourth-order valence-corrected chi connectivity index (χ4v) is 2.83. The van der Waals surface area contributed by atoms with E-state index < -0.39 is 0 Å². The molecule has 3 aliphatic heterocycles. The van der Waals surface area contributed by atoms with Gasteiger partial charge in [-0.25, -0.2) is 0 Å². The number of nitrogens with one attached hydrogen (secondary N) is 1. The second kappa shape index (κ2) is 3.51. The Morgan fingerprint density at radius 3 is 2.95 bits per heavy atom. The smallest absolute Gasteiger partial charge is 0.254 e. The van der Waals surface area contributed by atoms with Crippen molar-refractivity contribution < 1.29 is 9.90 Å². The number of carbonyl (C=O) groups excluding carboxylic acids is 1. The van der Waals surface area contributed by atoms with E-state index in [4.69, 9.17) is 0 Å². The Kier molecular flexibility index (Phi) is 1.93. The lowest BCUT2D eigenvalue weighted by atomic mass is 10.0. The molecule has 0 aliphatic carbocycles. The predicted octanol–water partition coefficient (Wildman–Crippen LogP) is 2.39. The lowest BCUT2D eigenvalue weighted by Gasteiger charge is -2.22. The van der Waals surface area contributed by atoms with Crippen molar-refractivity contribution in [1.82, 2.24) is 4.90 Å². The molecular formula is C15H12N2O2. The molecule has 19 heavy (non-hydrogen) atoms. The summed E-state index contributed by atoms with van der Waals surface area (Å²) in [6.07, 6.45) is 3.82. The van der Waals surface area contributed by atoms with Gasteiger partial charge in [0.25, 0.3) is 5.91 Å². The minimum Gasteiger partial charge on any atom is -0.512 e. The van der Waals surface area contributed by atoms with Crippen LogP contribution in [0.15, 0.2) is 53.1 Å². The Hall–Kier alpha value is -2.49. The molecule has 0 saturated carbocycles. The van der Waals surface area contributed by atoms with Gasteiger partial charge in [-0.05, 0) is 23.3 Å². The number of nitrogens with zero attached hydrogens (tertiary/aromatic N) is 1. The van der Waals surface area contributed by atoms with E-state index in [0.29, 0.717) is 13.0 Å². The summed E-state index contributed by atoms with van der Waals surface area (Å²) in [5.74, 6) is -0.0157. The van der Waals surface area contributed by atoms with Gasteiger partial charge >= 0.3 is 0 Å². The lowest BCUT2D eigenvalue weighted by molar-refractivity contribution is -0.124. The molecule has 0 spiro atoms. The van der Waals surface area contributed by atoms with Crippen molar-refractivity contribution in [3.05, 3.63) is 58.6 Å². The number of anilines is 1. The number of hydrogen-bond acceptors (Lipinski definition) is 3. The van der Waals surface area contributed by atoms with Gasteiger partial charge in [-0.2, -0.15) is 0 Å². The van der Waals surface area contributed by atoms with Gasteiger partial charge in [0, 0.05) is 18.2 Å². The van der Waals surface area contributed by atoms with Crippen LogP contribution in [-0.2, 0) is 4.79 Å². The third-order valence-electron chi connectivity index (χ3n) is 3.72. The molecule has 0 bridgehead atoms. The summed E-state index contributed by atoms with van der Waals surface area (Å²) in [4.78, 5) is 13.6. The summed E-state index contributed by atoms with van der Waals surface area (Å²) in [5, 5.41) is 13.0. The maximum Gasteiger partial charge on any atom is 0.254 e. The summed E-state index contributed by atoms with van der Waals surface area (Å²) in [6, 6.07) is 8.04. The van der Waals surface area contributed by atoms with E-state index in [1.807, 2.05) is 24.3 Å². The first kappa shape index (κ1) is 10.4. The number of benzene rings is 1. The molecule has 0 unspecified atom stereocenters. The molecule has 1 amide bonds. The van der Waals surface area contributed by atoms with Gasteiger partial charge in [-0.3, -0.25) is 4.79 Å². The van der Waals surface area contributed by atoms with Gasteiger partial charge in [0.05, 0.1) is 17.9 Å². The van der Waals surface area contributed by atoms with E-state index in [2.05, 4.69) is 11.4 Å². The molecule has 3 aliphatic rings. The van der Waals surface area contributed by atoms with Crippen LogP contribution in [0.2, 0.25) is 0 Å². The van der Waals surface area contributed by atoms with Crippen LogP contribution in [0.4, 0.5) is 5.69 Å². The molecule has 4 heteroatoms. The zero-order chi connectivity index (χ0) is 13.0. The third kappa shape index (κ3) is 1.43. The maximum absolute atomic E-state index is 11.9. The van der Waals surface area contributed by atoms with Crippen molar-refractivity contribution in [2.75, 3.05) is 11.9 Å². The highest BCUT2D eigenvalue weighted by Crippen LogP contribution is 2.39. The van der Waals surface area contributed by atoms with Crippen molar-refractivity contribution >= 4 is 17.7 Å². The number of fused-ring (bicyclic) bond motifs is 3. The van der Waals surface area contributed by atoms with Crippen LogP contribution in [0.25, 0.3) is 6.08 Å². The Morgan fingerprint density at radius 2 is 2.05 bits per heavy atom. The Labute approximate surface area is 110 Å². The number of aliphatic hydroxyl groups is 1. The summed E-state index contributed by atoms with van der Waals surface area (Å²) in [6.45, 7) is 0.578. The summed E-state index contributed by atoms with van der Waals surface area (Å²) in [7, 11) is 0.